The highest BCUT2D eigenvalue weighted by Crippen LogP contribution is 2.40. The molecule has 1 fully saturated rings. The van der Waals surface area contributed by atoms with E-state index in [9.17, 15) is 4.79 Å². The van der Waals surface area contributed by atoms with Gasteiger partial charge in [-0.15, -0.1) is 0 Å². The molecule has 1 aromatic carbocycles. The summed E-state index contributed by atoms with van der Waals surface area (Å²) in [6.45, 7) is 5.79. The molecule has 7 heteroatoms. The van der Waals surface area contributed by atoms with Crippen LogP contribution in [-0.2, 0) is 6.54 Å². The Morgan fingerprint density at radius 1 is 1.39 bits per heavy atom. The van der Waals surface area contributed by atoms with E-state index in [2.05, 4.69) is 17.3 Å². The maximum atomic E-state index is 13.1. The lowest BCUT2D eigenvalue weighted by Crippen LogP contribution is -2.37. The minimum absolute atomic E-state index is 0.111. The zero-order valence-corrected chi connectivity index (χ0v) is 16.8. The number of amides is 2. The van der Waals surface area contributed by atoms with Gasteiger partial charge in [-0.25, -0.2) is 9.48 Å². The van der Waals surface area contributed by atoms with E-state index in [4.69, 9.17) is 9.47 Å². The van der Waals surface area contributed by atoms with Gasteiger partial charge in [-0.2, -0.15) is 5.10 Å². The second kappa shape index (κ2) is 7.73. The molecule has 1 aromatic heterocycles. The molecular weight excluding hydrogens is 356 g/mol. The lowest BCUT2D eigenvalue weighted by Gasteiger charge is -2.27. The van der Waals surface area contributed by atoms with Gasteiger partial charge < -0.3 is 14.4 Å². The molecule has 2 heterocycles. The largest absolute Gasteiger partial charge is 0.493 e. The number of para-hydroxylation sites is 1. The highest BCUT2D eigenvalue weighted by atomic mass is 16.5. The minimum atomic E-state index is -0.111. The van der Waals surface area contributed by atoms with Crippen LogP contribution in [0.15, 0.2) is 24.3 Å². The Morgan fingerprint density at radius 2 is 2.21 bits per heavy atom. The van der Waals surface area contributed by atoms with Crippen LogP contribution >= 0.6 is 0 Å². The Bertz CT molecular complexity index is 859. The minimum Gasteiger partial charge on any atom is -0.493 e. The summed E-state index contributed by atoms with van der Waals surface area (Å²) in [5, 5.41) is 7.70. The quantitative estimate of drug-likeness (QED) is 0.865. The number of benzene rings is 1. The maximum Gasteiger partial charge on any atom is 0.323 e. The number of aryl methyl sites for hydroxylation is 1. The van der Waals surface area contributed by atoms with E-state index in [1.54, 1.807) is 7.11 Å². The fraction of sp³-hybridized carbons (Fsp3) is 0.524. The molecule has 0 bridgehead atoms. The van der Waals surface area contributed by atoms with Crippen molar-refractivity contribution in [3.63, 3.8) is 0 Å². The summed E-state index contributed by atoms with van der Waals surface area (Å²) in [6, 6.07) is 7.92. The van der Waals surface area contributed by atoms with Crippen molar-refractivity contribution in [1.82, 2.24) is 14.7 Å². The first-order valence-corrected chi connectivity index (χ1v) is 9.97. The lowest BCUT2D eigenvalue weighted by molar-refractivity contribution is 0.191. The zero-order chi connectivity index (χ0) is 19.7. The predicted octanol–water partition coefficient (Wildman–Crippen LogP) is 3.99. The SMILES string of the molecule is COc1cccc2c1OCCCN(C(=O)Nc1cc(C)nn1C(C)C1CC1)C2. The molecule has 150 valence electrons. The number of fused-ring (bicyclic) bond motifs is 1. The molecule has 2 aromatic rings. The molecule has 28 heavy (non-hydrogen) atoms. The molecule has 1 atom stereocenters. The van der Waals surface area contributed by atoms with Gasteiger partial charge in [0, 0.05) is 18.2 Å². The van der Waals surface area contributed by atoms with Crippen molar-refractivity contribution < 1.29 is 14.3 Å². The molecule has 1 saturated carbocycles. The molecule has 1 aliphatic heterocycles. The molecule has 0 radical (unpaired) electrons. The summed E-state index contributed by atoms with van der Waals surface area (Å²) in [6.07, 6.45) is 3.23. The molecule has 2 aliphatic rings. The maximum absolute atomic E-state index is 13.1. The number of carbonyl (C=O) groups excluding carboxylic acids is 1. The third kappa shape index (κ3) is 3.79. The van der Waals surface area contributed by atoms with Crippen molar-refractivity contribution in [3.05, 3.63) is 35.5 Å². The fourth-order valence-electron chi connectivity index (χ4n) is 3.79. The van der Waals surface area contributed by atoms with Gasteiger partial charge in [0.25, 0.3) is 0 Å². The first kappa shape index (κ1) is 18.7. The van der Waals surface area contributed by atoms with E-state index in [0.717, 1.165) is 29.2 Å². The Kier molecular flexibility index (Phi) is 5.15. The number of anilines is 1. The topological polar surface area (TPSA) is 68.6 Å². The van der Waals surface area contributed by atoms with E-state index in [0.29, 0.717) is 37.4 Å². The van der Waals surface area contributed by atoms with E-state index in [1.165, 1.54) is 12.8 Å². The van der Waals surface area contributed by atoms with E-state index < -0.39 is 0 Å². The Morgan fingerprint density at radius 3 is 2.96 bits per heavy atom. The summed E-state index contributed by atoms with van der Waals surface area (Å²) in [5.74, 6) is 2.86. The molecular formula is C21H28N4O3. The smallest absolute Gasteiger partial charge is 0.323 e. The number of ether oxygens (including phenoxy) is 2. The monoisotopic (exact) mass is 384 g/mol. The van der Waals surface area contributed by atoms with Gasteiger partial charge in [0.05, 0.1) is 32.0 Å². The van der Waals surface area contributed by atoms with Gasteiger partial charge in [-0.05, 0) is 45.1 Å². The van der Waals surface area contributed by atoms with E-state index >= 15 is 0 Å². The van der Waals surface area contributed by atoms with Gasteiger partial charge in [-0.1, -0.05) is 12.1 Å². The number of rotatable bonds is 4. The number of urea groups is 1. The fourth-order valence-corrected chi connectivity index (χ4v) is 3.79. The van der Waals surface area contributed by atoms with Crippen molar-refractivity contribution in [3.8, 4) is 11.5 Å². The van der Waals surface area contributed by atoms with Gasteiger partial charge in [0.1, 0.15) is 5.82 Å². The molecule has 7 nitrogen and oxygen atoms in total. The van der Waals surface area contributed by atoms with Crippen LogP contribution in [0.4, 0.5) is 10.6 Å². The third-order valence-electron chi connectivity index (χ3n) is 5.53. The standard InChI is InChI=1S/C21H28N4O3/c1-14-12-19(25(23-14)15(2)16-8-9-16)22-21(26)24-10-5-11-28-20-17(13-24)6-4-7-18(20)27-3/h4,6-7,12,15-16H,5,8-11,13H2,1-3H3,(H,22,26). The van der Waals surface area contributed by atoms with Crippen molar-refractivity contribution in [2.45, 2.75) is 45.7 Å². The number of hydrogen-bond donors (Lipinski definition) is 1. The van der Waals surface area contributed by atoms with Crippen LogP contribution in [0.1, 0.15) is 43.5 Å². The predicted molar refractivity (Wildman–Crippen MR) is 107 cm³/mol. The molecule has 4 rings (SSSR count). The number of methoxy groups -OCH3 is 1. The number of aromatic nitrogens is 2. The van der Waals surface area contributed by atoms with Gasteiger partial charge in [0.2, 0.25) is 0 Å². The van der Waals surface area contributed by atoms with Crippen LogP contribution in [0.2, 0.25) is 0 Å². The summed E-state index contributed by atoms with van der Waals surface area (Å²) in [7, 11) is 1.63. The first-order chi connectivity index (χ1) is 13.6. The highest BCUT2D eigenvalue weighted by Gasteiger charge is 2.31. The van der Waals surface area contributed by atoms with Gasteiger partial charge >= 0.3 is 6.03 Å². The summed E-state index contributed by atoms with van der Waals surface area (Å²) in [5.41, 5.74) is 1.86. The van der Waals surface area contributed by atoms with E-state index in [1.807, 2.05) is 40.8 Å². The average molecular weight is 384 g/mol. The molecule has 0 spiro atoms. The molecule has 2 amide bonds. The average Bonchev–Trinajstić information content (AvgIpc) is 3.44. The van der Waals surface area contributed by atoms with Crippen LogP contribution in [0.5, 0.6) is 11.5 Å². The third-order valence-corrected chi connectivity index (χ3v) is 5.53. The van der Waals surface area contributed by atoms with Crippen LogP contribution in [0.25, 0.3) is 0 Å². The van der Waals surface area contributed by atoms with Crippen molar-refractivity contribution in [2.75, 3.05) is 25.6 Å². The molecule has 1 aliphatic carbocycles. The zero-order valence-electron chi connectivity index (χ0n) is 16.8. The molecule has 1 N–H and O–H groups in total. The second-order valence-electron chi connectivity index (χ2n) is 7.70. The van der Waals surface area contributed by atoms with Crippen LogP contribution in [0, 0.1) is 12.8 Å². The van der Waals surface area contributed by atoms with Crippen molar-refractivity contribution >= 4 is 11.8 Å². The number of hydrogen-bond acceptors (Lipinski definition) is 4. The Hall–Kier alpha value is -2.70. The number of nitrogens with one attached hydrogen (secondary N) is 1. The van der Waals surface area contributed by atoms with Crippen LogP contribution < -0.4 is 14.8 Å². The lowest BCUT2D eigenvalue weighted by atomic mass is 10.1. The molecule has 0 saturated heterocycles. The number of carbonyl (C=O) groups is 1. The Balaban J connectivity index is 1.53. The van der Waals surface area contributed by atoms with Gasteiger partial charge in [0.15, 0.2) is 11.5 Å². The first-order valence-electron chi connectivity index (χ1n) is 9.97. The van der Waals surface area contributed by atoms with Crippen molar-refractivity contribution in [2.24, 2.45) is 5.92 Å². The normalized spacial score (nSPS) is 17.8. The second-order valence-corrected chi connectivity index (χ2v) is 7.70. The van der Waals surface area contributed by atoms with E-state index in [-0.39, 0.29) is 6.03 Å². The highest BCUT2D eigenvalue weighted by molar-refractivity contribution is 5.88. The summed E-state index contributed by atoms with van der Waals surface area (Å²) >= 11 is 0. The summed E-state index contributed by atoms with van der Waals surface area (Å²) < 4.78 is 13.3. The summed E-state index contributed by atoms with van der Waals surface area (Å²) in [4.78, 5) is 14.9. The van der Waals surface area contributed by atoms with Crippen molar-refractivity contribution in [1.29, 1.82) is 0 Å². The van der Waals surface area contributed by atoms with Crippen LogP contribution in [-0.4, -0.2) is 41.0 Å². The number of nitrogens with zero attached hydrogens (tertiary/aromatic N) is 3. The van der Waals surface area contributed by atoms with Crippen LogP contribution in [0.3, 0.4) is 0 Å². The van der Waals surface area contributed by atoms with Gasteiger partial charge in [-0.3, -0.25) is 5.32 Å². The Labute approximate surface area is 165 Å². The molecule has 1 unspecified atom stereocenters.